The fourth-order valence-electron chi connectivity index (χ4n) is 7.33. The van der Waals surface area contributed by atoms with Gasteiger partial charge in [-0.3, -0.25) is 14.4 Å². The van der Waals surface area contributed by atoms with Gasteiger partial charge in [-0.15, -0.1) is 0 Å². The number of hydrogen-bond donors (Lipinski definition) is 4. The Morgan fingerprint density at radius 2 is 1.23 bits per heavy atom. The van der Waals surface area contributed by atoms with Gasteiger partial charge in [0, 0.05) is 57.3 Å². The predicted molar refractivity (Wildman–Crippen MR) is 185 cm³/mol. The third-order valence-electron chi connectivity index (χ3n) is 9.78. The Kier molecular flexibility index (Phi) is 11.8. The zero-order valence-electron chi connectivity index (χ0n) is 27.4. The van der Waals surface area contributed by atoms with E-state index in [1.54, 1.807) is 24.3 Å². The highest BCUT2D eigenvalue weighted by molar-refractivity contribution is 6.34. The van der Waals surface area contributed by atoms with Crippen LogP contribution in [0, 0.1) is 11.8 Å². The molecule has 4 saturated heterocycles. The Bertz CT molecular complexity index is 1470. The number of anilines is 2. The highest BCUT2D eigenvalue weighted by Gasteiger charge is 2.34. The molecule has 4 heterocycles. The first-order valence-electron chi connectivity index (χ1n) is 16.4. The summed E-state index contributed by atoms with van der Waals surface area (Å²) in [5, 5.41) is 9.65. The summed E-state index contributed by atoms with van der Waals surface area (Å²) in [5.74, 6) is 1.35. The molecule has 4 aliphatic heterocycles. The third-order valence-corrected chi connectivity index (χ3v) is 10.4. The molecule has 2 aromatic carbocycles. The number of nitrogens with one attached hydrogen (secondary N) is 3. The highest BCUT2D eigenvalue weighted by atomic mass is 35.5. The van der Waals surface area contributed by atoms with Crippen molar-refractivity contribution in [3.8, 4) is 11.5 Å². The van der Waals surface area contributed by atoms with E-state index >= 15 is 0 Å². The maximum atomic E-state index is 12.8. The number of nitrogens with two attached hydrogens (primary N) is 1. The number of nitrogen functional groups attached to an aromatic ring is 1. The molecule has 0 aliphatic carbocycles. The van der Waals surface area contributed by atoms with Crippen LogP contribution in [0.1, 0.15) is 66.2 Å². The minimum atomic E-state index is -0.231. The van der Waals surface area contributed by atoms with Gasteiger partial charge in [0.05, 0.1) is 46.8 Å². The van der Waals surface area contributed by atoms with Gasteiger partial charge in [-0.25, -0.2) is 0 Å². The molecule has 6 rings (SSSR count). The average Bonchev–Trinajstić information content (AvgIpc) is 3.06. The molecule has 47 heavy (non-hydrogen) atoms. The number of halogens is 2. The van der Waals surface area contributed by atoms with Crippen LogP contribution in [0.15, 0.2) is 24.3 Å². The lowest BCUT2D eigenvalue weighted by Crippen LogP contribution is -2.53. The number of piperidine rings is 4. The molecular formula is C34H46Cl2N6O5. The Morgan fingerprint density at radius 3 is 1.72 bits per heavy atom. The maximum absolute atomic E-state index is 12.8. The van der Waals surface area contributed by atoms with Gasteiger partial charge < -0.3 is 41.0 Å². The molecule has 0 radical (unpaired) electrons. The van der Waals surface area contributed by atoms with Crippen molar-refractivity contribution in [2.45, 2.75) is 57.5 Å². The van der Waals surface area contributed by atoms with Crippen LogP contribution >= 0.6 is 23.2 Å². The van der Waals surface area contributed by atoms with Crippen LogP contribution in [0.25, 0.3) is 0 Å². The fourth-order valence-corrected chi connectivity index (χ4v) is 7.71. The maximum Gasteiger partial charge on any atom is 0.255 e. The van der Waals surface area contributed by atoms with E-state index in [0.29, 0.717) is 55.9 Å². The molecule has 4 bridgehead atoms. The van der Waals surface area contributed by atoms with Gasteiger partial charge in [0.2, 0.25) is 5.91 Å². The first-order valence-corrected chi connectivity index (χ1v) is 17.2. The second-order valence-corrected chi connectivity index (χ2v) is 13.7. The number of benzene rings is 2. The van der Waals surface area contributed by atoms with Crippen LogP contribution in [-0.2, 0) is 4.79 Å². The zero-order chi connectivity index (χ0) is 33.7. The fraction of sp³-hybridized carbons (Fsp3) is 0.559. The van der Waals surface area contributed by atoms with Gasteiger partial charge in [-0.2, -0.15) is 0 Å². The molecule has 13 heteroatoms. The molecule has 0 saturated carbocycles. The largest absolute Gasteiger partial charge is 0.496 e. The summed E-state index contributed by atoms with van der Waals surface area (Å²) in [7, 11) is 3.02. The van der Waals surface area contributed by atoms with Crippen molar-refractivity contribution in [2.24, 2.45) is 11.8 Å². The molecule has 6 atom stereocenters. The molecule has 11 nitrogen and oxygen atoms in total. The standard InChI is InChI=1S/C18H24ClN3O3.C16H22ClN3O2/c1-11(23)20-16-9-17(25-2)13(8-14(16)19)18(24)21-15-5-7-22-6-3-4-12(15)10-22;1-22-15-8-13(18)12(17)7-11(15)16(21)19-14-4-6-20-5-2-3-10(14)9-20/h8-9,12,15H,3-7,10H2,1-2H3,(H,20,23)(H,21,24);7-8,10,14H,2-6,9,18H2,1H3,(H,19,21). The SMILES string of the molecule is COc1cc(N)c(Cl)cc1C(=O)NC1CCN2CCCC1C2.COc1cc(NC(C)=O)c(Cl)cc1C(=O)NC1CCN2CCCC1C2. The lowest BCUT2D eigenvalue weighted by molar-refractivity contribution is -0.114. The van der Waals surface area contributed by atoms with Gasteiger partial charge in [-0.05, 0) is 75.6 Å². The van der Waals surface area contributed by atoms with Crippen molar-refractivity contribution in [3.05, 3.63) is 45.4 Å². The number of amides is 3. The molecule has 0 spiro atoms. The van der Waals surface area contributed by atoms with Crippen LogP contribution in [0.3, 0.4) is 0 Å². The summed E-state index contributed by atoms with van der Waals surface area (Å²) in [6.45, 7) is 8.00. The van der Waals surface area contributed by atoms with E-state index in [2.05, 4.69) is 25.8 Å². The Labute approximate surface area is 286 Å². The molecule has 4 aliphatic rings. The molecule has 2 aromatic rings. The van der Waals surface area contributed by atoms with Crippen molar-refractivity contribution >= 4 is 52.3 Å². The molecule has 5 N–H and O–H groups in total. The van der Waals surface area contributed by atoms with Crippen LogP contribution < -0.4 is 31.2 Å². The second-order valence-electron chi connectivity index (χ2n) is 12.9. The first-order chi connectivity index (χ1) is 22.6. The van der Waals surface area contributed by atoms with E-state index in [0.717, 1.165) is 45.4 Å². The highest BCUT2D eigenvalue weighted by Crippen LogP contribution is 2.33. The van der Waals surface area contributed by atoms with E-state index in [1.807, 2.05) is 0 Å². The molecule has 3 amide bonds. The zero-order valence-corrected chi connectivity index (χ0v) is 28.9. The Morgan fingerprint density at radius 1 is 0.745 bits per heavy atom. The number of methoxy groups -OCH3 is 2. The van der Waals surface area contributed by atoms with Crippen LogP contribution in [0.2, 0.25) is 10.0 Å². The number of ether oxygens (including phenoxy) is 2. The van der Waals surface area contributed by atoms with Crippen molar-refractivity contribution in [2.75, 3.05) is 64.5 Å². The van der Waals surface area contributed by atoms with Crippen LogP contribution in [0.5, 0.6) is 11.5 Å². The van der Waals surface area contributed by atoms with Crippen molar-refractivity contribution < 1.29 is 23.9 Å². The molecule has 4 fully saturated rings. The van der Waals surface area contributed by atoms with Gasteiger partial charge in [0.1, 0.15) is 11.5 Å². The number of carbonyl (C=O) groups is 3. The summed E-state index contributed by atoms with van der Waals surface area (Å²) in [6.07, 6.45) is 6.71. The second kappa shape index (κ2) is 15.8. The third kappa shape index (κ3) is 8.62. The normalized spacial score (nSPS) is 26.1. The van der Waals surface area contributed by atoms with E-state index in [4.69, 9.17) is 38.4 Å². The van der Waals surface area contributed by atoms with E-state index in [-0.39, 0.29) is 29.8 Å². The van der Waals surface area contributed by atoms with E-state index in [9.17, 15) is 14.4 Å². The monoisotopic (exact) mass is 688 g/mol. The van der Waals surface area contributed by atoms with Crippen molar-refractivity contribution in [3.63, 3.8) is 0 Å². The first kappa shape index (κ1) is 35.1. The lowest BCUT2D eigenvalue weighted by Gasteiger charge is -2.42. The predicted octanol–water partition coefficient (Wildman–Crippen LogP) is 4.67. The smallest absolute Gasteiger partial charge is 0.255 e. The van der Waals surface area contributed by atoms with E-state index < -0.39 is 0 Å². The topological polar surface area (TPSA) is 138 Å². The quantitative estimate of drug-likeness (QED) is 0.308. The summed E-state index contributed by atoms with van der Waals surface area (Å²) < 4.78 is 10.6. The van der Waals surface area contributed by atoms with Crippen LogP contribution in [0.4, 0.5) is 11.4 Å². The number of nitrogens with zero attached hydrogens (tertiary/aromatic N) is 2. The van der Waals surface area contributed by atoms with Gasteiger partial charge >= 0.3 is 0 Å². The summed E-state index contributed by atoms with van der Waals surface area (Å²) in [6, 6.07) is 6.73. The molecule has 256 valence electrons. The lowest BCUT2D eigenvalue weighted by atomic mass is 9.85. The van der Waals surface area contributed by atoms with E-state index in [1.165, 1.54) is 53.5 Å². The Hall–Kier alpha value is -3.25. The summed E-state index contributed by atoms with van der Waals surface area (Å²) in [5.41, 5.74) is 7.45. The molecule has 6 unspecified atom stereocenters. The summed E-state index contributed by atoms with van der Waals surface area (Å²) in [4.78, 5) is 41.6. The van der Waals surface area contributed by atoms with Crippen molar-refractivity contribution in [1.82, 2.24) is 20.4 Å². The molecule has 0 aromatic heterocycles. The van der Waals surface area contributed by atoms with Gasteiger partial charge in [0.25, 0.3) is 11.8 Å². The summed E-state index contributed by atoms with van der Waals surface area (Å²) >= 11 is 12.3. The number of rotatable bonds is 7. The number of carbonyl (C=O) groups excluding carboxylic acids is 3. The minimum absolute atomic E-state index is 0.136. The average molecular weight is 690 g/mol. The number of fused-ring (bicyclic) bond motifs is 4. The number of hydrogen-bond acceptors (Lipinski definition) is 8. The van der Waals surface area contributed by atoms with Gasteiger partial charge in [-0.1, -0.05) is 23.2 Å². The minimum Gasteiger partial charge on any atom is -0.496 e. The van der Waals surface area contributed by atoms with Crippen molar-refractivity contribution in [1.29, 1.82) is 0 Å². The van der Waals surface area contributed by atoms with Crippen LogP contribution in [-0.4, -0.2) is 93.1 Å². The molecular weight excluding hydrogens is 643 g/mol. The van der Waals surface area contributed by atoms with Gasteiger partial charge in [0.15, 0.2) is 0 Å². The Balaban J connectivity index is 0.000000186.